The number of halogens is 2. The minimum atomic E-state index is 0.665. The van der Waals surface area contributed by atoms with Crippen LogP contribution in [-0.2, 0) is 6.54 Å². The number of rotatable bonds is 3. The van der Waals surface area contributed by atoms with Crippen molar-refractivity contribution in [3.05, 3.63) is 69.2 Å². The third-order valence-electron chi connectivity index (χ3n) is 2.32. The molecule has 2 aromatic carbocycles. The van der Waals surface area contributed by atoms with Crippen LogP contribution in [0.1, 0.15) is 11.1 Å². The molecule has 0 N–H and O–H groups in total. The predicted molar refractivity (Wildman–Crippen MR) is 76.9 cm³/mol. The number of hydrogen-bond donors (Lipinski definition) is 0. The molecule has 0 radical (unpaired) electrons. The summed E-state index contributed by atoms with van der Waals surface area (Å²) in [5.74, 6) is 0. The summed E-state index contributed by atoms with van der Waals surface area (Å²) in [6.45, 7) is 0.665. The molecule has 3 heteroatoms. The van der Waals surface area contributed by atoms with E-state index in [0.29, 0.717) is 6.54 Å². The van der Waals surface area contributed by atoms with E-state index in [1.165, 1.54) is 0 Å². The van der Waals surface area contributed by atoms with Gasteiger partial charge < -0.3 is 0 Å². The van der Waals surface area contributed by atoms with E-state index in [2.05, 4.69) is 20.9 Å². The quantitative estimate of drug-likeness (QED) is 0.727. The van der Waals surface area contributed by atoms with Crippen molar-refractivity contribution in [3.8, 4) is 0 Å². The molecular formula is C14H11BrClN. The minimum absolute atomic E-state index is 0.665. The van der Waals surface area contributed by atoms with Crippen LogP contribution >= 0.6 is 27.5 Å². The van der Waals surface area contributed by atoms with Gasteiger partial charge in [0.25, 0.3) is 0 Å². The van der Waals surface area contributed by atoms with Crippen molar-refractivity contribution in [2.45, 2.75) is 6.54 Å². The Morgan fingerprint density at radius 2 is 1.76 bits per heavy atom. The lowest BCUT2D eigenvalue weighted by atomic mass is 10.2. The second-order valence-corrected chi connectivity index (χ2v) is 4.91. The zero-order valence-corrected chi connectivity index (χ0v) is 11.4. The van der Waals surface area contributed by atoms with Crippen LogP contribution in [-0.4, -0.2) is 6.21 Å². The first-order valence-corrected chi connectivity index (χ1v) is 6.41. The lowest BCUT2D eigenvalue weighted by Gasteiger charge is -1.98. The van der Waals surface area contributed by atoms with E-state index in [9.17, 15) is 0 Å². The minimum Gasteiger partial charge on any atom is -0.288 e. The van der Waals surface area contributed by atoms with Crippen molar-refractivity contribution < 1.29 is 0 Å². The lowest BCUT2D eigenvalue weighted by molar-refractivity contribution is 1.08. The molecule has 0 atom stereocenters. The second-order valence-electron chi connectivity index (χ2n) is 3.62. The topological polar surface area (TPSA) is 12.4 Å². The largest absolute Gasteiger partial charge is 0.288 e. The van der Waals surface area contributed by atoms with Gasteiger partial charge in [0.15, 0.2) is 0 Å². The molecule has 1 nitrogen and oxygen atoms in total. The van der Waals surface area contributed by atoms with E-state index in [1.54, 1.807) is 0 Å². The first-order valence-electron chi connectivity index (χ1n) is 5.24. The van der Waals surface area contributed by atoms with Gasteiger partial charge in [-0.25, -0.2) is 0 Å². The Hall–Kier alpha value is -1.12. The Morgan fingerprint density at radius 1 is 1.06 bits per heavy atom. The Balaban J connectivity index is 2.03. The van der Waals surface area contributed by atoms with Crippen molar-refractivity contribution in [1.29, 1.82) is 0 Å². The SMILES string of the molecule is Clc1ccc(CN=Cc2ccccc2Br)cc1. The van der Waals surface area contributed by atoms with Gasteiger partial charge in [-0.2, -0.15) is 0 Å². The first-order chi connectivity index (χ1) is 8.25. The predicted octanol–water partition coefficient (Wildman–Crippen LogP) is 4.72. The summed E-state index contributed by atoms with van der Waals surface area (Å²) in [6.07, 6.45) is 1.87. The summed E-state index contributed by atoms with van der Waals surface area (Å²) in [5, 5.41) is 0.753. The summed E-state index contributed by atoms with van der Waals surface area (Å²) in [6, 6.07) is 15.7. The van der Waals surface area contributed by atoms with Crippen LogP contribution in [0.2, 0.25) is 5.02 Å². The maximum atomic E-state index is 5.82. The average Bonchev–Trinajstić information content (AvgIpc) is 2.34. The molecule has 2 aromatic rings. The second kappa shape index (κ2) is 5.99. The molecule has 0 spiro atoms. The van der Waals surface area contributed by atoms with Crippen LogP contribution < -0.4 is 0 Å². The van der Waals surface area contributed by atoms with Gasteiger partial charge in [-0.1, -0.05) is 57.9 Å². The molecule has 0 fully saturated rings. The molecule has 0 aliphatic heterocycles. The molecule has 0 saturated carbocycles. The summed E-state index contributed by atoms with van der Waals surface area (Å²) in [7, 11) is 0. The van der Waals surface area contributed by atoms with Gasteiger partial charge in [0.05, 0.1) is 6.54 Å². The zero-order valence-electron chi connectivity index (χ0n) is 9.11. The molecule has 2 rings (SSSR count). The van der Waals surface area contributed by atoms with E-state index < -0.39 is 0 Å². The van der Waals surface area contributed by atoms with Crippen LogP contribution in [0.15, 0.2) is 58.0 Å². The Bertz CT molecular complexity index is 520. The molecule has 0 aliphatic carbocycles. The molecule has 0 bridgehead atoms. The van der Waals surface area contributed by atoms with Crippen LogP contribution in [0.4, 0.5) is 0 Å². The molecule has 86 valence electrons. The van der Waals surface area contributed by atoms with Crippen LogP contribution in [0.25, 0.3) is 0 Å². The normalized spacial score (nSPS) is 10.9. The van der Waals surface area contributed by atoms with Crippen molar-refractivity contribution in [3.63, 3.8) is 0 Å². The first kappa shape index (κ1) is 12.3. The number of nitrogens with zero attached hydrogens (tertiary/aromatic N) is 1. The molecule has 0 aliphatic rings. The average molecular weight is 309 g/mol. The third kappa shape index (κ3) is 3.69. The Kier molecular flexibility index (Phi) is 4.35. The van der Waals surface area contributed by atoms with Gasteiger partial charge in [0.2, 0.25) is 0 Å². The highest BCUT2D eigenvalue weighted by Crippen LogP contribution is 2.14. The summed E-state index contributed by atoms with van der Waals surface area (Å²) < 4.78 is 1.06. The molecule has 0 heterocycles. The fourth-order valence-electron chi connectivity index (χ4n) is 1.42. The van der Waals surface area contributed by atoms with E-state index in [-0.39, 0.29) is 0 Å². The number of aliphatic imine (C=N–C) groups is 1. The summed E-state index contributed by atoms with van der Waals surface area (Å²) in [4.78, 5) is 4.40. The van der Waals surface area contributed by atoms with Gasteiger partial charge in [-0.3, -0.25) is 4.99 Å². The van der Waals surface area contributed by atoms with Gasteiger partial charge in [-0.05, 0) is 23.8 Å². The summed E-state index contributed by atoms with van der Waals surface area (Å²) >= 11 is 9.30. The molecule has 0 saturated heterocycles. The molecule has 0 unspecified atom stereocenters. The lowest BCUT2D eigenvalue weighted by Crippen LogP contribution is -1.85. The van der Waals surface area contributed by atoms with Crippen molar-refractivity contribution >= 4 is 33.7 Å². The van der Waals surface area contributed by atoms with Crippen molar-refractivity contribution in [2.24, 2.45) is 4.99 Å². The fraction of sp³-hybridized carbons (Fsp3) is 0.0714. The molecular weight excluding hydrogens is 298 g/mol. The van der Waals surface area contributed by atoms with Crippen LogP contribution in [0.5, 0.6) is 0 Å². The zero-order chi connectivity index (χ0) is 12.1. The van der Waals surface area contributed by atoms with Crippen LogP contribution in [0, 0.1) is 0 Å². The van der Waals surface area contributed by atoms with Gasteiger partial charge >= 0.3 is 0 Å². The number of hydrogen-bond acceptors (Lipinski definition) is 1. The Labute approximate surface area is 114 Å². The van der Waals surface area contributed by atoms with E-state index in [4.69, 9.17) is 11.6 Å². The van der Waals surface area contributed by atoms with Crippen molar-refractivity contribution in [2.75, 3.05) is 0 Å². The van der Waals surface area contributed by atoms with E-state index in [0.717, 1.165) is 20.6 Å². The fourth-order valence-corrected chi connectivity index (χ4v) is 1.93. The highest BCUT2D eigenvalue weighted by atomic mass is 79.9. The van der Waals surface area contributed by atoms with Crippen molar-refractivity contribution in [1.82, 2.24) is 0 Å². The highest BCUT2D eigenvalue weighted by Gasteiger charge is 1.94. The third-order valence-corrected chi connectivity index (χ3v) is 3.30. The standard InChI is InChI=1S/C14H11BrClN/c15-14-4-2-1-3-12(14)10-17-9-11-5-7-13(16)8-6-11/h1-8,10H,9H2. The highest BCUT2D eigenvalue weighted by molar-refractivity contribution is 9.10. The van der Waals surface area contributed by atoms with E-state index >= 15 is 0 Å². The van der Waals surface area contributed by atoms with Gasteiger partial charge in [0.1, 0.15) is 0 Å². The Morgan fingerprint density at radius 3 is 2.47 bits per heavy atom. The monoisotopic (exact) mass is 307 g/mol. The smallest absolute Gasteiger partial charge is 0.0640 e. The molecule has 0 amide bonds. The maximum Gasteiger partial charge on any atom is 0.0640 e. The maximum absolute atomic E-state index is 5.82. The molecule has 0 aromatic heterocycles. The summed E-state index contributed by atoms with van der Waals surface area (Å²) in [5.41, 5.74) is 2.24. The molecule has 17 heavy (non-hydrogen) atoms. The van der Waals surface area contributed by atoms with E-state index in [1.807, 2.05) is 54.7 Å². The number of benzene rings is 2. The van der Waals surface area contributed by atoms with Crippen LogP contribution in [0.3, 0.4) is 0 Å². The van der Waals surface area contributed by atoms with Gasteiger partial charge in [0, 0.05) is 21.3 Å². The van der Waals surface area contributed by atoms with Gasteiger partial charge in [-0.15, -0.1) is 0 Å².